The molecule has 9 N–H and O–H groups in total. The van der Waals surface area contributed by atoms with Crippen LogP contribution in [0.3, 0.4) is 0 Å². The highest BCUT2D eigenvalue weighted by atomic mass is 16.7. The molecule has 0 aromatic heterocycles. The first-order valence-electron chi connectivity index (χ1n) is 21.5. The van der Waals surface area contributed by atoms with Gasteiger partial charge in [0.2, 0.25) is 5.91 Å². The summed E-state index contributed by atoms with van der Waals surface area (Å²) in [6.07, 6.45) is 18.7. The van der Waals surface area contributed by atoms with Gasteiger partial charge in [-0.05, 0) is 44.9 Å². The Morgan fingerprint density at radius 1 is 0.638 bits per heavy atom. The lowest BCUT2D eigenvalue weighted by Crippen LogP contribution is -2.65. The Bertz CT molecular complexity index is 1210. The van der Waals surface area contributed by atoms with Crippen molar-refractivity contribution in [2.45, 2.75) is 190 Å². The van der Waals surface area contributed by atoms with Crippen molar-refractivity contribution in [2.75, 3.05) is 19.8 Å². The number of carbonyl (C=O) groups is 1. The molecule has 2 heterocycles. The van der Waals surface area contributed by atoms with Gasteiger partial charge >= 0.3 is 0 Å². The number of aliphatic hydroxyl groups excluding tert-OH is 8. The highest BCUT2D eigenvalue weighted by Gasteiger charge is 2.50. The van der Waals surface area contributed by atoms with Crippen molar-refractivity contribution in [1.29, 1.82) is 0 Å². The van der Waals surface area contributed by atoms with E-state index in [1.165, 1.54) is 38.5 Å². The van der Waals surface area contributed by atoms with Gasteiger partial charge in [-0.2, -0.15) is 0 Å². The molecule has 0 aromatic rings. The molecule has 2 aliphatic heterocycles. The third-order valence-corrected chi connectivity index (χ3v) is 10.2. The van der Waals surface area contributed by atoms with E-state index in [1.54, 1.807) is 6.08 Å². The van der Waals surface area contributed by atoms with E-state index in [-0.39, 0.29) is 18.9 Å². The van der Waals surface area contributed by atoms with Crippen LogP contribution in [0, 0.1) is 0 Å². The van der Waals surface area contributed by atoms with Gasteiger partial charge in [0.15, 0.2) is 12.6 Å². The van der Waals surface area contributed by atoms with Crippen LogP contribution in [-0.2, 0) is 23.7 Å². The molecule has 14 heteroatoms. The molecule has 0 aliphatic carbocycles. The van der Waals surface area contributed by atoms with Crippen molar-refractivity contribution in [1.82, 2.24) is 5.32 Å². The van der Waals surface area contributed by atoms with Gasteiger partial charge in [0.25, 0.3) is 0 Å². The van der Waals surface area contributed by atoms with E-state index >= 15 is 0 Å². The topological polar surface area (TPSA) is 228 Å². The Labute approximate surface area is 345 Å². The van der Waals surface area contributed by atoms with Gasteiger partial charge in [0.1, 0.15) is 48.8 Å². The minimum Gasteiger partial charge on any atom is -0.394 e. The van der Waals surface area contributed by atoms with Crippen LogP contribution < -0.4 is 5.32 Å². The molecule has 14 nitrogen and oxygen atoms in total. The first kappa shape index (κ1) is 51.8. The molecule has 1 amide bonds. The normalized spacial score (nSPS) is 29.4. The van der Waals surface area contributed by atoms with E-state index in [1.807, 2.05) is 18.2 Å². The van der Waals surface area contributed by atoms with E-state index in [0.717, 1.165) is 51.4 Å². The fourth-order valence-electron chi connectivity index (χ4n) is 6.65. The first-order chi connectivity index (χ1) is 28.1. The predicted octanol–water partition coefficient (Wildman–Crippen LogP) is 3.54. The van der Waals surface area contributed by atoms with E-state index < -0.39 is 86.8 Å². The summed E-state index contributed by atoms with van der Waals surface area (Å²) in [4.78, 5) is 13.0. The molecular formula is C44H75NO13. The summed E-state index contributed by atoms with van der Waals surface area (Å²) in [7, 11) is 0. The van der Waals surface area contributed by atoms with Gasteiger partial charge in [-0.1, -0.05) is 126 Å². The van der Waals surface area contributed by atoms with Crippen molar-refractivity contribution in [2.24, 2.45) is 0 Å². The Morgan fingerprint density at radius 3 is 1.79 bits per heavy atom. The van der Waals surface area contributed by atoms with Crippen molar-refractivity contribution >= 4 is 5.91 Å². The van der Waals surface area contributed by atoms with E-state index in [0.29, 0.717) is 6.42 Å². The lowest BCUT2D eigenvalue weighted by atomic mass is 9.97. The van der Waals surface area contributed by atoms with E-state index in [2.05, 4.69) is 55.6 Å². The summed E-state index contributed by atoms with van der Waals surface area (Å²) >= 11 is 0. The standard InChI is InChI=1S/C44H75NO13/c1-3-5-7-9-11-13-15-16-18-20-22-24-26-28-36(49)45-32(33(48)27-25-23-21-19-17-14-12-10-8-6-4-2)31-55-43-41(54)39(52)42(35(30-47)57-43)58-44-40(53)38(51)37(50)34(29-46)56-44/h5,7,11,13,16,18,22,24-25,27,32-35,37-44,46-48,50-54H,3-4,6,8-10,12,14-15,17,19-21,23,26,28-31H2,1-2H3,(H,45,49)/b7-5-,13-11-,18-16-,24-22-,27-25+. The third-order valence-electron chi connectivity index (χ3n) is 10.2. The number of hydrogen-bond donors (Lipinski definition) is 9. The summed E-state index contributed by atoms with van der Waals surface area (Å²) < 4.78 is 22.5. The summed E-state index contributed by atoms with van der Waals surface area (Å²) in [5.74, 6) is -0.325. The number of amides is 1. The number of unbranched alkanes of at least 4 members (excludes halogenated alkanes) is 9. The molecule has 0 saturated carbocycles. The zero-order valence-electron chi connectivity index (χ0n) is 34.8. The molecule has 12 unspecified atom stereocenters. The summed E-state index contributed by atoms with van der Waals surface area (Å²) in [6, 6.07) is -0.951. The highest BCUT2D eigenvalue weighted by molar-refractivity contribution is 5.76. The van der Waals surface area contributed by atoms with Gasteiger partial charge in [-0.3, -0.25) is 4.79 Å². The number of ether oxygens (including phenoxy) is 4. The molecule has 58 heavy (non-hydrogen) atoms. The largest absolute Gasteiger partial charge is 0.394 e. The fraction of sp³-hybridized carbons (Fsp3) is 0.750. The average molecular weight is 826 g/mol. The molecule has 2 fully saturated rings. The maximum Gasteiger partial charge on any atom is 0.220 e. The molecule has 12 atom stereocenters. The fourth-order valence-corrected chi connectivity index (χ4v) is 6.65. The predicted molar refractivity (Wildman–Crippen MR) is 221 cm³/mol. The Balaban J connectivity index is 1.97. The van der Waals surface area contributed by atoms with E-state index in [9.17, 15) is 45.6 Å². The number of rotatable bonds is 30. The van der Waals surface area contributed by atoms with Crippen LogP contribution in [-0.4, -0.2) is 140 Å². The summed E-state index contributed by atoms with van der Waals surface area (Å²) in [5.41, 5.74) is 0. The number of nitrogens with one attached hydrogen (secondary N) is 1. The molecule has 2 saturated heterocycles. The van der Waals surface area contributed by atoms with Crippen molar-refractivity contribution in [3.05, 3.63) is 60.8 Å². The SMILES string of the molecule is CC/C=C\C/C=C\C/C=C\C/C=C\CCC(=O)NC(COC1OC(CO)C(OC2OC(CO)C(O)C(O)C2O)C(O)C1O)C(O)/C=C/CCCCCCCCCCC. The van der Waals surface area contributed by atoms with Crippen LogP contribution >= 0.6 is 0 Å². The van der Waals surface area contributed by atoms with Gasteiger partial charge in [0.05, 0.1) is 32.0 Å². The quantitative estimate of drug-likeness (QED) is 0.0374. The van der Waals surface area contributed by atoms with Crippen LogP contribution in [0.1, 0.15) is 117 Å². The van der Waals surface area contributed by atoms with Crippen LogP contribution in [0.5, 0.6) is 0 Å². The molecule has 334 valence electrons. The summed E-state index contributed by atoms with van der Waals surface area (Å²) in [6.45, 7) is 2.55. The number of carbonyl (C=O) groups excluding carboxylic acids is 1. The summed E-state index contributed by atoms with van der Waals surface area (Å²) in [5, 5.41) is 86.2. The van der Waals surface area contributed by atoms with Crippen molar-refractivity contribution in [3.63, 3.8) is 0 Å². The van der Waals surface area contributed by atoms with Crippen LogP contribution in [0.4, 0.5) is 0 Å². The molecular weight excluding hydrogens is 750 g/mol. The second kappa shape index (κ2) is 31.5. The van der Waals surface area contributed by atoms with Gasteiger partial charge < -0.3 is 65.1 Å². The van der Waals surface area contributed by atoms with Crippen LogP contribution in [0.25, 0.3) is 0 Å². The zero-order valence-corrected chi connectivity index (χ0v) is 34.8. The minimum atomic E-state index is -1.79. The second-order valence-corrected chi connectivity index (χ2v) is 15.1. The lowest BCUT2D eigenvalue weighted by Gasteiger charge is -2.46. The monoisotopic (exact) mass is 826 g/mol. The van der Waals surface area contributed by atoms with Gasteiger partial charge in [-0.25, -0.2) is 0 Å². The number of hydrogen-bond acceptors (Lipinski definition) is 13. The van der Waals surface area contributed by atoms with Crippen LogP contribution in [0.15, 0.2) is 60.8 Å². The van der Waals surface area contributed by atoms with Gasteiger partial charge in [-0.15, -0.1) is 0 Å². The molecule has 0 radical (unpaired) electrons. The van der Waals surface area contributed by atoms with Crippen molar-refractivity contribution in [3.8, 4) is 0 Å². The second-order valence-electron chi connectivity index (χ2n) is 15.1. The number of aliphatic hydroxyl groups is 8. The van der Waals surface area contributed by atoms with Gasteiger partial charge in [0, 0.05) is 6.42 Å². The maximum atomic E-state index is 13.0. The molecule has 2 aliphatic rings. The lowest BCUT2D eigenvalue weighted by molar-refractivity contribution is -0.359. The smallest absolute Gasteiger partial charge is 0.220 e. The molecule has 2 rings (SSSR count). The number of allylic oxidation sites excluding steroid dienone is 9. The molecule has 0 aromatic carbocycles. The molecule has 0 spiro atoms. The Kier molecular flexibility index (Phi) is 28.2. The molecule has 0 bridgehead atoms. The average Bonchev–Trinajstić information content (AvgIpc) is 3.22. The van der Waals surface area contributed by atoms with E-state index in [4.69, 9.17) is 18.9 Å². The maximum absolute atomic E-state index is 13.0. The minimum absolute atomic E-state index is 0.157. The first-order valence-corrected chi connectivity index (χ1v) is 21.5. The highest BCUT2D eigenvalue weighted by Crippen LogP contribution is 2.29. The van der Waals surface area contributed by atoms with Crippen LogP contribution in [0.2, 0.25) is 0 Å². The zero-order chi connectivity index (χ0) is 42.5. The third kappa shape index (κ3) is 19.8. The Morgan fingerprint density at radius 2 is 1.19 bits per heavy atom. The van der Waals surface area contributed by atoms with Crippen molar-refractivity contribution < 1.29 is 64.6 Å². The Hall–Kier alpha value is -2.31.